The first-order valence-corrected chi connectivity index (χ1v) is 8.74. The summed E-state index contributed by atoms with van der Waals surface area (Å²) in [5, 5.41) is 11.7. The van der Waals surface area contributed by atoms with Crippen LogP contribution in [-0.4, -0.2) is 17.6 Å². The number of methoxy groups -OCH3 is 1. The van der Waals surface area contributed by atoms with E-state index < -0.39 is 17.6 Å². The Hall–Kier alpha value is -3.99. The molecule has 0 atom stereocenters. The van der Waals surface area contributed by atoms with Crippen LogP contribution in [0.15, 0.2) is 72.4 Å². The van der Waals surface area contributed by atoms with Crippen molar-refractivity contribution in [1.29, 1.82) is 5.26 Å². The van der Waals surface area contributed by atoms with Crippen LogP contribution in [0.25, 0.3) is 11.8 Å². The summed E-state index contributed by atoms with van der Waals surface area (Å²) in [6.45, 7) is 0. The standard InChI is InChI=1S/C22H16F3N3O2/c1-30-20-9-7-18(8-10-20)28-11-3-6-19(28)12-15(14-26)21(29)27-17-5-2-4-16(13-17)22(23,24)25/h2-13H,1H3,(H,27,29)/b15-12-. The van der Waals surface area contributed by atoms with Gasteiger partial charge in [-0.1, -0.05) is 6.07 Å². The Morgan fingerprint density at radius 2 is 1.87 bits per heavy atom. The Kier molecular flexibility index (Phi) is 5.93. The summed E-state index contributed by atoms with van der Waals surface area (Å²) < 4.78 is 45.4. The molecule has 1 amide bonds. The molecule has 0 aliphatic rings. The largest absolute Gasteiger partial charge is 0.497 e. The summed E-state index contributed by atoms with van der Waals surface area (Å²) in [5.74, 6) is -0.125. The maximum Gasteiger partial charge on any atom is 0.416 e. The molecule has 0 bridgehead atoms. The van der Waals surface area contributed by atoms with Crippen LogP contribution in [0.1, 0.15) is 11.3 Å². The van der Waals surface area contributed by atoms with Crippen molar-refractivity contribution in [1.82, 2.24) is 4.57 Å². The molecule has 0 saturated heterocycles. The van der Waals surface area contributed by atoms with Gasteiger partial charge in [0, 0.05) is 23.3 Å². The third kappa shape index (κ3) is 4.70. The van der Waals surface area contributed by atoms with Crippen LogP contribution in [0, 0.1) is 11.3 Å². The topological polar surface area (TPSA) is 67.0 Å². The molecule has 1 N–H and O–H groups in total. The van der Waals surface area contributed by atoms with E-state index in [9.17, 15) is 23.2 Å². The summed E-state index contributed by atoms with van der Waals surface area (Å²) in [7, 11) is 1.56. The molecule has 8 heteroatoms. The van der Waals surface area contributed by atoms with Gasteiger partial charge in [-0.3, -0.25) is 4.79 Å². The van der Waals surface area contributed by atoms with Crippen molar-refractivity contribution in [2.24, 2.45) is 0 Å². The predicted molar refractivity (Wildman–Crippen MR) is 106 cm³/mol. The summed E-state index contributed by atoms with van der Waals surface area (Å²) >= 11 is 0. The van der Waals surface area contributed by atoms with Crippen molar-refractivity contribution in [2.45, 2.75) is 6.18 Å². The van der Waals surface area contributed by atoms with Crippen LogP contribution in [0.4, 0.5) is 18.9 Å². The molecule has 1 heterocycles. The summed E-state index contributed by atoms with van der Waals surface area (Å²) in [4.78, 5) is 12.5. The van der Waals surface area contributed by atoms with Crippen molar-refractivity contribution in [3.05, 3.63) is 83.7 Å². The van der Waals surface area contributed by atoms with Crippen molar-refractivity contribution in [3.63, 3.8) is 0 Å². The van der Waals surface area contributed by atoms with Crippen LogP contribution >= 0.6 is 0 Å². The fourth-order valence-corrected chi connectivity index (χ4v) is 2.76. The van der Waals surface area contributed by atoms with E-state index in [4.69, 9.17) is 4.74 Å². The number of nitriles is 1. The molecule has 152 valence electrons. The Morgan fingerprint density at radius 3 is 2.50 bits per heavy atom. The van der Waals surface area contributed by atoms with Gasteiger partial charge in [-0.15, -0.1) is 0 Å². The van der Waals surface area contributed by atoms with Gasteiger partial charge in [0.05, 0.1) is 12.7 Å². The number of nitrogens with zero attached hydrogens (tertiary/aromatic N) is 2. The number of rotatable bonds is 5. The molecule has 0 aliphatic carbocycles. The summed E-state index contributed by atoms with van der Waals surface area (Å²) in [6.07, 6.45) is -1.41. The van der Waals surface area contributed by atoms with Crippen molar-refractivity contribution < 1.29 is 22.7 Å². The minimum Gasteiger partial charge on any atom is -0.497 e. The number of amides is 1. The van der Waals surface area contributed by atoms with E-state index in [1.54, 1.807) is 48.2 Å². The van der Waals surface area contributed by atoms with Gasteiger partial charge in [-0.25, -0.2) is 0 Å². The van der Waals surface area contributed by atoms with Crippen LogP contribution in [0.5, 0.6) is 5.75 Å². The van der Waals surface area contributed by atoms with Gasteiger partial charge in [0.2, 0.25) is 0 Å². The molecule has 0 spiro atoms. The highest BCUT2D eigenvalue weighted by Gasteiger charge is 2.30. The Morgan fingerprint density at radius 1 is 1.13 bits per heavy atom. The molecule has 3 rings (SSSR count). The number of alkyl halides is 3. The van der Waals surface area contributed by atoms with E-state index in [0.717, 1.165) is 17.8 Å². The molecule has 0 fully saturated rings. The summed E-state index contributed by atoms with van der Waals surface area (Å²) in [5.41, 5.74) is 0.136. The van der Waals surface area contributed by atoms with Crippen molar-refractivity contribution in [3.8, 4) is 17.5 Å². The number of carbonyl (C=O) groups is 1. The average Bonchev–Trinajstić information content (AvgIpc) is 3.19. The SMILES string of the molecule is COc1ccc(-n2cccc2/C=C(/C#N)C(=O)Nc2cccc(C(F)(F)F)c2)cc1. The van der Waals surface area contributed by atoms with Gasteiger partial charge in [0.1, 0.15) is 17.4 Å². The zero-order chi connectivity index (χ0) is 21.7. The summed E-state index contributed by atoms with van der Waals surface area (Å²) in [6, 6.07) is 16.6. The highest BCUT2D eigenvalue weighted by molar-refractivity contribution is 6.09. The minimum atomic E-state index is -4.53. The predicted octanol–water partition coefficient (Wildman–Crippen LogP) is 5.05. The van der Waals surface area contributed by atoms with Gasteiger partial charge < -0.3 is 14.6 Å². The van der Waals surface area contributed by atoms with E-state index in [-0.39, 0.29) is 11.3 Å². The van der Waals surface area contributed by atoms with Crippen LogP contribution in [0.2, 0.25) is 0 Å². The number of hydrogen-bond acceptors (Lipinski definition) is 3. The number of ether oxygens (including phenoxy) is 1. The molecule has 3 aromatic rings. The van der Waals surface area contributed by atoms with Gasteiger partial charge in [-0.2, -0.15) is 18.4 Å². The lowest BCUT2D eigenvalue weighted by Crippen LogP contribution is -2.14. The number of nitrogens with one attached hydrogen (secondary N) is 1. The second-order valence-electron chi connectivity index (χ2n) is 6.20. The molecule has 5 nitrogen and oxygen atoms in total. The Balaban J connectivity index is 1.85. The number of anilines is 1. The lowest BCUT2D eigenvalue weighted by Gasteiger charge is -2.10. The zero-order valence-corrected chi connectivity index (χ0v) is 15.8. The maximum absolute atomic E-state index is 12.8. The second-order valence-corrected chi connectivity index (χ2v) is 6.20. The van der Waals surface area contributed by atoms with E-state index in [1.807, 2.05) is 12.1 Å². The lowest BCUT2D eigenvalue weighted by molar-refractivity contribution is -0.137. The van der Waals surface area contributed by atoms with E-state index in [2.05, 4.69) is 5.32 Å². The molecule has 1 aromatic heterocycles. The molecule has 0 aliphatic heterocycles. The average molecular weight is 411 g/mol. The second kappa shape index (κ2) is 8.57. The van der Waals surface area contributed by atoms with Gasteiger partial charge in [0.15, 0.2) is 0 Å². The van der Waals surface area contributed by atoms with Crippen molar-refractivity contribution >= 4 is 17.7 Å². The highest BCUT2D eigenvalue weighted by atomic mass is 19.4. The minimum absolute atomic E-state index is 0.0542. The van der Waals surface area contributed by atoms with Gasteiger partial charge in [0.25, 0.3) is 5.91 Å². The maximum atomic E-state index is 12.8. The quantitative estimate of drug-likeness (QED) is 0.472. The molecule has 0 radical (unpaired) electrons. The van der Waals surface area contributed by atoms with Crippen molar-refractivity contribution in [2.75, 3.05) is 12.4 Å². The normalized spacial score (nSPS) is 11.6. The smallest absolute Gasteiger partial charge is 0.416 e. The van der Waals surface area contributed by atoms with Gasteiger partial charge in [-0.05, 0) is 60.7 Å². The van der Waals surface area contributed by atoms with E-state index in [0.29, 0.717) is 11.4 Å². The highest BCUT2D eigenvalue weighted by Crippen LogP contribution is 2.30. The fraction of sp³-hybridized carbons (Fsp3) is 0.0909. The van der Waals surface area contributed by atoms with E-state index in [1.165, 1.54) is 18.2 Å². The van der Waals surface area contributed by atoms with Crippen LogP contribution < -0.4 is 10.1 Å². The molecule has 0 saturated carbocycles. The van der Waals surface area contributed by atoms with Gasteiger partial charge >= 0.3 is 6.18 Å². The number of aromatic nitrogens is 1. The third-order valence-electron chi connectivity index (χ3n) is 4.24. The Labute approximate surface area is 170 Å². The molecule has 2 aromatic carbocycles. The molecular formula is C22H16F3N3O2. The van der Waals surface area contributed by atoms with Crippen LogP contribution in [-0.2, 0) is 11.0 Å². The lowest BCUT2D eigenvalue weighted by atomic mass is 10.1. The molecule has 0 unspecified atom stereocenters. The fourth-order valence-electron chi connectivity index (χ4n) is 2.76. The number of hydrogen-bond donors (Lipinski definition) is 1. The zero-order valence-electron chi connectivity index (χ0n) is 15.8. The number of halogens is 3. The first-order valence-electron chi connectivity index (χ1n) is 8.74. The molecule has 30 heavy (non-hydrogen) atoms. The first-order chi connectivity index (χ1) is 14.3. The number of carbonyl (C=O) groups excluding carboxylic acids is 1. The number of benzene rings is 2. The van der Waals surface area contributed by atoms with Crippen LogP contribution in [0.3, 0.4) is 0 Å². The first kappa shape index (κ1) is 20.7. The Bertz CT molecular complexity index is 1120. The third-order valence-corrected chi connectivity index (χ3v) is 4.24. The van der Waals surface area contributed by atoms with E-state index >= 15 is 0 Å². The molecular weight excluding hydrogens is 395 g/mol. The monoisotopic (exact) mass is 411 g/mol.